The van der Waals surface area contributed by atoms with E-state index in [1.54, 1.807) is 18.7 Å². The predicted octanol–water partition coefficient (Wildman–Crippen LogP) is 2.16. The summed E-state index contributed by atoms with van der Waals surface area (Å²) in [5, 5.41) is 2.89. The standard InChI is InChI=1S/C28H38N4O5S/c1-27(2,29)26(34)30-22(19-37-18-21-9-5-4-6-10-21)17-25(33)31-15-13-28(14-16-31)20-32(38(3,35)36)24-12-8-7-11-23(24)28/h4-12,22H,13-20,29H2,1-3H3,(H,30,34)/t22-/m1/s1. The monoisotopic (exact) mass is 542 g/mol. The minimum Gasteiger partial charge on any atom is -0.375 e. The van der Waals surface area contributed by atoms with Gasteiger partial charge in [-0.3, -0.25) is 13.9 Å². The highest BCUT2D eigenvalue weighted by Gasteiger charge is 2.47. The minimum atomic E-state index is -3.40. The van der Waals surface area contributed by atoms with Gasteiger partial charge in [0, 0.05) is 31.5 Å². The predicted molar refractivity (Wildman–Crippen MR) is 147 cm³/mol. The van der Waals surface area contributed by atoms with Gasteiger partial charge in [-0.25, -0.2) is 8.42 Å². The molecule has 9 nitrogen and oxygen atoms in total. The fourth-order valence-corrected chi connectivity index (χ4v) is 6.25. The zero-order valence-corrected chi connectivity index (χ0v) is 23.2. The number of ether oxygens (including phenoxy) is 1. The SMILES string of the molecule is CC(C)(N)C(=O)N[C@@H](COCc1ccccc1)CC(=O)N1CCC2(CC1)CN(S(C)(=O)=O)c1ccccc12. The number of hydrogen-bond donors (Lipinski definition) is 2. The van der Waals surface area contributed by atoms with Gasteiger partial charge in [-0.1, -0.05) is 48.5 Å². The minimum absolute atomic E-state index is 0.0745. The van der Waals surface area contributed by atoms with Crippen LogP contribution in [-0.4, -0.2) is 69.2 Å². The second-order valence-electron chi connectivity index (χ2n) is 11.0. The van der Waals surface area contributed by atoms with E-state index in [1.165, 1.54) is 10.6 Å². The van der Waals surface area contributed by atoms with Crippen molar-refractivity contribution in [1.82, 2.24) is 10.2 Å². The van der Waals surface area contributed by atoms with Crippen LogP contribution in [0.4, 0.5) is 5.69 Å². The first-order chi connectivity index (χ1) is 17.9. The number of nitrogens with two attached hydrogens (primary N) is 1. The number of benzene rings is 2. The van der Waals surface area contributed by atoms with Crippen molar-refractivity contribution in [2.45, 2.75) is 56.7 Å². The van der Waals surface area contributed by atoms with Gasteiger partial charge < -0.3 is 20.7 Å². The molecule has 10 heteroatoms. The van der Waals surface area contributed by atoms with Crippen molar-refractivity contribution in [1.29, 1.82) is 0 Å². The van der Waals surface area contributed by atoms with Gasteiger partial charge in [-0.05, 0) is 43.9 Å². The van der Waals surface area contributed by atoms with Gasteiger partial charge in [-0.2, -0.15) is 0 Å². The summed E-state index contributed by atoms with van der Waals surface area (Å²) >= 11 is 0. The summed E-state index contributed by atoms with van der Waals surface area (Å²) in [5.74, 6) is -0.422. The molecule has 2 heterocycles. The molecule has 0 aromatic heterocycles. The van der Waals surface area contributed by atoms with Crippen molar-refractivity contribution in [3.05, 3.63) is 65.7 Å². The van der Waals surface area contributed by atoms with E-state index in [1.807, 2.05) is 54.6 Å². The molecule has 3 N–H and O–H groups in total. The number of carbonyl (C=O) groups is 2. The number of nitrogens with zero attached hydrogens (tertiary/aromatic N) is 2. The first kappa shape index (κ1) is 28.1. The number of sulfonamides is 1. The van der Waals surface area contributed by atoms with E-state index < -0.39 is 21.6 Å². The third-order valence-electron chi connectivity index (χ3n) is 7.44. The van der Waals surface area contributed by atoms with Crippen LogP contribution < -0.4 is 15.4 Å². The number of carbonyl (C=O) groups excluding carboxylic acids is 2. The van der Waals surface area contributed by atoms with Crippen LogP contribution in [0.15, 0.2) is 54.6 Å². The van der Waals surface area contributed by atoms with Gasteiger partial charge in [0.1, 0.15) is 0 Å². The molecular formula is C28H38N4O5S. The average Bonchev–Trinajstić information content (AvgIpc) is 3.19. The van der Waals surface area contributed by atoms with Gasteiger partial charge in [0.25, 0.3) is 0 Å². The summed E-state index contributed by atoms with van der Waals surface area (Å²) in [6.07, 6.45) is 2.66. The molecule has 0 aliphatic carbocycles. The normalized spacial score (nSPS) is 17.8. The van der Waals surface area contributed by atoms with Crippen molar-refractivity contribution >= 4 is 27.5 Å². The number of amides is 2. The summed E-state index contributed by atoms with van der Waals surface area (Å²) < 4.78 is 32.3. The van der Waals surface area contributed by atoms with E-state index in [-0.39, 0.29) is 30.3 Å². The lowest BCUT2D eigenvalue weighted by Crippen LogP contribution is -2.54. The summed E-state index contributed by atoms with van der Waals surface area (Å²) in [6.45, 7) is 5.21. The third-order valence-corrected chi connectivity index (χ3v) is 8.56. The third kappa shape index (κ3) is 6.36. The number of likely N-dealkylation sites (tertiary alicyclic amines) is 1. The van der Waals surface area contributed by atoms with E-state index in [9.17, 15) is 18.0 Å². The number of para-hydroxylation sites is 1. The second kappa shape index (κ2) is 11.0. The fraction of sp³-hybridized carbons (Fsp3) is 0.500. The first-order valence-electron chi connectivity index (χ1n) is 13.0. The van der Waals surface area contributed by atoms with Crippen LogP contribution in [0.2, 0.25) is 0 Å². The van der Waals surface area contributed by atoms with Crippen molar-refractivity contribution in [3.8, 4) is 0 Å². The molecule has 206 valence electrons. The topological polar surface area (TPSA) is 122 Å². The number of fused-ring (bicyclic) bond motifs is 2. The molecular weight excluding hydrogens is 504 g/mol. The highest BCUT2D eigenvalue weighted by atomic mass is 32.2. The van der Waals surface area contributed by atoms with Crippen molar-refractivity contribution in [2.75, 3.05) is 36.8 Å². The van der Waals surface area contributed by atoms with Crippen LogP contribution in [0.5, 0.6) is 0 Å². The summed E-state index contributed by atoms with van der Waals surface area (Å²) in [5.41, 5.74) is 7.34. The Balaban J connectivity index is 1.40. The van der Waals surface area contributed by atoms with Crippen LogP contribution in [0.3, 0.4) is 0 Å². The van der Waals surface area contributed by atoms with E-state index in [0.29, 0.717) is 39.1 Å². The van der Waals surface area contributed by atoms with E-state index in [4.69, 9.17) is 10.5 Å². The molecule has 0 bridgehead atoms. The maximum absolute atomic E-state index is 13.3. The molecule has 0 unspecified atom stereocenters. The maximum Gasteiger partial charge on any atom is 0.239 e. The lowest BCUT2D eigenvalue weighted by Gasteiger charge is -2.40. The number of hydrogen-bond acceptors (Lipinski definition) is 6. The van der Waals surface area contributed by atoms with Gasteiger partial charge in [0.15, 0.2) is 0 Å². The Labute approximate surface area is 225 Å². The summed E-state index contributed by atoms with van der Waals surface area (Å²) in [7, 11) is -3.40. The van der Waals surface area contributed by atoms with Gasteiger partial charge >= 0.3 is 0 Å². The molecule has 0 radical (unpaired) electrons. The Hall–Kier alpha value is -2.95. The molecule has 0 saturated carbocycles. The summed E-state index contributed by atoms with van der Waals surface area (Å²) in [6, 6.07) is 16.8. The van der Waals surface area contributed by atoms with E-state index in [0.717, 1.165) is 16.8 Å². The quantitative estimate of drug-likeness (QED) is 0.501. The Morgan fingerprint density at radius 3 is 2.34 bits per heavy atom. The lowest BCUT2D eigenvalue weighted by molar-refractivity contribution is -0.134. The molecule has 2 aliphatic heterocycles. The van der Waals surface area contributed by atoms with Crippen LogP contribution in [0.1, 0.15) is 44.2 Å². The van der Waals surface area contributed by atoms with Crippen LogP contribution in [0.25, 0.3) is 0 Å². The van der Waals surface area contributed by atoms with Crippen LogP contribution >= 0.6 is 0 Å². The maximum atomic E-state index is 13.3. The highest BCUT2D eigenvalue weighted by molar-refractivity contribution is 7.92. The van der Waals surface area contributed by atoms with E-state index in [2.05, 4.69) is 5.32 Å². The van der Waals surface area contributed by atoms with E-state index >= 15 is 0 Å². The Bertz CT molecular complexity index is 1250. The van der Waals surface area contributed by atoms with Crippen LogP contribution in [0, 0.1) is 0 Å². The van der Waals surface area contributed by atoms with Gasteiger partial charge in [0.05, 0.1) is 36.7 Å². The molecule has 4 rings (SSSR count). The van der Waals surface area contributed by atoms with Crippen molar-refractivity contribution in [3.63, 3.8) is 0 Å². The Kier molecular flexibility index (Phi) is 8.15. The molecule has 2 aromatic carbocycles. The van der Waals surface area contributed by atoms with Crippen molar-refractivity contribution < 1.29 is 22.7 Å². The fourth-order valence-electron chi connectivity index (χ4n) is 5.25. The molecule has 38 heavy (non-hydrogen) atoms. The second-order valence-corrected chi connectivity index (χ2v) is 13.0. The number of rotatable bonds is 9. The Morgan fingerprint density at radius 2 is 1.71 bits per heavy atom. The Morgan fingerprint density at radius 1 is 1.08 bits per heavy atom. The zero-order valence-electron chi connectivity index (χ0n) is 22.4. The molecule has 1 spiro atoms. The molecule has 2 amide bonds. The van der Waals surface area contributed by atoms with Crippen LogP contribution in [-0.2, 0) is 36.4 Å². The number of piperidine rings is 1. The molecule has 2 aliphatic rings. The number of nitrogens with one attached hydrogen (secondary N) is 1. The molecule has 1 fully saturated rings. The summed E-state index contributed by atoms with van der Waals surface area (Å²) in [4.78, 5) is 27.7. The lowest BCUT2D eigenvalue weighted by atomic mass is 9.74. The molecule has 2 aromatic rings. The zero-order chi connectivity index (χ0) is 27.6. The highest BCUT2D eigenvalue weighted by Crippen LogP contribution is 2.47. The van der Waals surface area contributed by atoms with Crippen molar-refractivity contribution in [2.24, 2.45) is 5.73 Å². The number of anilines is 1. The largest absolute Gasteiger partial charge is 0.375 e. The smallest absolute Gasteiger partial charge is 0.239 e. The van der Waals surface area contributed by atoms with Gasteiger partial charge in [0.2, 0.25) is 21.8 Å². The first-order valence-corrected chi connectivity index (χ1v) is 14.8. The molecule has 1 atom stereocenters. The van der Waals surface area contributed by atoms with Gasteiger partial charge in [-0.15, -0.1) is 0 Å². The molecule has 1 saturated heterocycles. The average molecular weight is 543 g/mol.